The Morgan fingerprint density at radius 1 is 1.23 bits per heavy atom. The average molecular weight is 337 g/mol. The summed E-state index contributed by atoms with van der Waals surface area (Å²) >= 11 is 11.5. The fourth-order valence-electron chi connectivity index (χ4n) is 2.82. The molecule has 0 saturated carbocycles. The van der Waals surface area contributed by atoms with E-state index in [1.807, 2.05) is 40.6 Å². The standard InChI is InChI=1S/C16H21ClN4S/c1-12-7-9-20(10-8-12)11-21-16(22)19(2)15(18-21)13-3-5-14(17)6-4-13/h3-6,12H,7-11H2,1-2H3. The highest BCUT2D eigenvalue weighted by molar-refractivity contribution is 7.71. The van der Waals surface area contributed by atoms with Crippen LogP contribution >= 0.6 is 23.8 Å². The van der Waals surface area contributed by atoms with E-state index in [1.54, 1.807) is 0 Å². The topological polar surface area (TPSA) is 26.0 Å². The molecule has 0 N–H and O–H groups in total. The predicted octanol–water partition coefficient (Wildman–Crippen LogP) is 3.96. The van der Waals surface area contributed by atoms with E-state index < -0.39 is 0 Å². The third kappa shape index (κ3) is 3.26. The van der Waals surface area contributed by atoms with Gasteiger partial charge in [-0.05, 0) is 55.2 Å². The summed E-state index contributed by atoms with van der Waals surface area (Å²) in [5.74, 6) is 1.71. The lowest BCUT2D eigenvalue weighted by Gasteiger charge is -2.29. The molecule has 0 spiro atoms. The van der Waals surface area contributed by atoms with Gasteiger partial charge in [-0.15, -0.1) is 0 Å². The van der Waals surface area contributed by atoms with Crippen molar-refractivity contribution in [1.82, 2.24) is 19.2 Å². The molecule has 118 valence electrons. The lowest BCUT2D eigenvalue weighted by Crippen LogP contribution is -2.34. The second kappa shape index (κ2) is 6.52. The molecule has 1 fully saturated rings. The Morgan fingerprint density at radius 2 is 1.86 bits per heavy atom. The summed E-state index contributed by atoms with van der Waals surface area (Å²) in [6, 6.07) is 7.72. The Kier molecular flexibility index (Phi) is 4.66. The van der Waals surface area contributed by atoms with Gasteiger partial charge >= 0.3 is 0 Å². The van der Waals surface area contributed by atoms with Gasteiger partial charge in [-0.1, -0.05) is 18.5 Å². The zero-order valence-electron chi connectivity index (χ0n) is 13.0. The van der Waals surface area contributed by atoms with Gasteiger partial charge in [0.15, 0.2) is 10.6 Å². The van der Waals surface area contributed by atoms with Crippen LogP contribution in [0.25, 0.3) is 11.4 Å². The second-order valence-electron chi connectivity index (χ2n) is 6.11. The molecule has 1 aliphatic rings. The number of likely N-dealkylation sites (tertiary alicyclic amines) is 1. The maximum absolute atomic E-state index is 5.96. The molecular weight excluding hydrogens is 316 g/mol. The van der Waals surface area contributed by atoms with E-state index in [0.717, 1.165) is 46.9 Å². The highest BCUT2D eigenvalue weighted by Gasteiger charge is 2.17. The minimum atomic E-state index is 0.729. The minimum Gasteiger partial charge on any atom is -0.303 e. The monoisotopic (exact) mass is 336 g/mol. The van der Waals surface area contributed by atoms with Crippen molar-refractivity contribution < 1.29 is 0 Å². The average Bonchev–Trinajstić information content (AvgIpc) is 2.79. The molecule has 2 aromatic rings. The molecule has 22 heavy (non-hydrogen) atoms. The number of aromatic nitrogens is 3. The molecule has 3 rings (SSSR count). The van der Waals surface area contributed by atoms with Gasteiger partial charge < -0.3 is 4.57 Å². The van der Waals surface area contributed by atoms with E-state index in [0.29, 0.717) is 0 Å². The molecule has 4 nitrogen and oxygen atoms in total. The first-order valence-corrected chi connectivity index (χ1v) is 8.45. The van der Waals surface area contributed by atoms with Gasteiger partial charge in [0.2, 0.25) is 0 Å². The minimum absolute atomic E-state index is 0.729. The highest BCUT2D eigenvalue weighted by atomic mass is 35.5. The van der Waals surface area contributed by atoms with Crippen LogP contribution in [0.15, 0.2) is 24.3 Å². The summed E-state index contributed by atoms with van der Waals surface area (Å²) in [6.07, 6.45) is 2.51. The van der Waals surface area contributed by atoms with Crippen LogP contribution in [0.3, 0.4) is 0 Å². The molecule has 0 aliphatic carbocycles. The van der Waals surface area contributed by atoms with Crippen LogP contribution in [0.4, 0.5) is 0 Å². The van der Waals surface area contributed by atoms with Gasteiger partial charge in [0.25, 0.3) is 0 Å². The first-order valence-electron chi connectivity index (χ1n) is 7.66. The lowest BCUT2D eigenvalue weighted by atomic mass is 10.00. The molecule has 1 aromatic heterocycles. The Bertz CT molecular complexity index is 696. The Labute approximate surface area is 141 Å². The van der Waals surface area contributed by atoms with Crippen molar-refractivity contribution in [2.45, 2.75) is 26.4 Å². The van der Waals surface area contributed by atoms with E-state index in [4.69, 9.17) is 28.9 Å². The van der Waals surface area contributed by atoms with Crippen LogP contribution in [0.1, 0.15) is 19.8 Å². The van der Waals surface area contributed by atoms with Crippen molar-refractivity contribution in [3.05, 3.63) is 34.1 Å². The molecule has 0 unspecified atom stereocenters. The molecule has 0 bridgehead atoms. The van der Waals surface area contributed by atoms with E-state index in [2.05, 4.69) is 11.8 Å². The summed E-state index contributed by atoms with van der Waals surface area (Å²) in [5, 5.41) is 5.44. The first kappa shape index (κ1) is 15.7. The van der Waals surface area contributed by atoms with Crippen LogP contribution in [0.5, 0.6) is 0 Å². The van der Waals surface area contributed by atoms with Gasteiger partial charge in [0.1, 0.15) is 0 Å². The number of halogens is 1. The van der Waals surface area contributed by atoms with Crippen molar-refractivity contribution in [2.24, 2.45) is 13.0 Å². The van der Waals surface area contributed by atoms with Crippen molar-refractivity contribution in [3.63, 3.8) is 0 Å². The molecule has 1 aliphatic heterocycles. The Hall–Kier alpha value is -1.17. The summed E-state index contributed by atoms with van der Waals surface area (Å²) in [4.78, 5) is 2.43. The van der Waals surface area contributed by atoms with Gasteiger partial charge in [0.05, 0.1) is 6.67 Å². The number of rotatable bonds is 3. The smallest absolute Gasteiger partial charge is 0.199 e. The van der Waals surface area contributed by atoms with E-state index >= 15 is 0 Å². The number of hydrogen-bond donors (Lipinski definition) is 0. The van der Waals surface area contributed by atoms with E-state index in [1.165, 1.54) is 12.8 Å². The Morgan fingerprint density at radius 3 is 2.50 bits per heavy atom. The fourth-order valence-corrected chi connectivity index (χ4v) is 3.13. The van der Waals surface area contributed by atoms with Crippen LogP contribution in [0, 0.1) is 10.7 Å². The quantitative estimate of drug-likeness (QED) is 0.793. The number of hydrogen-bond acceptors (Lipinski definition) is 3. The predicted molar refractivity (Wildman–Crippen MR) is 92.4 cm³/mol. The first-order chi connectivity index (χ1) is 10.5. The van der Waals surface area contributed by atoms with Crippen molar-refractivity contribution in [1.29, 1.82) is 0 Å². The summed E-state index contributed by atoms with van der Waals surface area (Å²) in [6.45, 7) is 5.33. The van der Waals surface area contributed by atoms with Gasteiger partial charge in [0, 0.05) is 30.7 Å². The normalized spacial score (nSPS) is 17.0. The zero-order valence-corrected chi connectivity index (χ0v) is 14.6. The summed E-state index contributed by atoms with van der Waals surface area (Å²) in [5.41, 5.74) is 1.03. The van der Waals surface area contributed by atoms with Gasteiger partial charge in [-0.2, -0.15) is 5.10 Å². The van der Waals surface area contributed by atoms with Gasteiger partial charge in [-0.3, -0.25) is 4.90 Å². The SMILES string of the molecule is CC1CCN(Cn2nc(-c3ccc(Cl)cc3)n(C)c2=S)CC1. The largest absolute Gasteiger partial charge is 0.303 e. The third-order valence-corrected chi connectivity index (χ3v) is 5.09. The van der Waals surface area contributed by atoms with Crippen LogP contribution in [-0.4, -0.2) is 32.3 Å². The lowest BCUT2D eigenvalue weighted by molar-refractivity contribution is 0.146. The highest BCUT2D eigenvalue weighted by Crippen LogP contribution is 2.21. The number of piperidine rings is 1. The molecule has 1 saturated heterocycles. The van der Waals surface area contributed by atoms with Crippen LogP contribution < -0.4 is 0 Å². The van der Waals surface area contributed by atoms with Crippen LogP contribution in [-0.2, 0) is 13.7 Å². The van der Waals surface area contributed by atoms with Crippen molar-refractivity contribution in [2.75, 3.05) is 13.1 Å². The molecule has 2 heterocycles. The second-order valence-corrected chi connectivity index (χ2v) is 6.92. The summed E-state index contributed by atoms with van der Waals surface area (Å²) < 4.78 is 4.64. The molecule has 0 radical (unpaired) electrons. The zero-order chi connectivity index (χ0) is 15.7. The van der Waals surface area contributed by atoms with E-state index in [-0.39, 0.29) is 0 Å². The molecule has 1 aromatic carbocycles. The van der Waals surface area contributed by atoms with Crippen molar-refractivity contribution >= 4 is 23.8 Å². The maximum atomic E-state index is 5.96. The molecule has 0 atom stereocenters. The number of benzene rings is 1. The van der Waals surface area contributed by atoms with Gasteiger partial charge in [-0.25, -0.2) is 4.68 Å². The van der Waals surface area contributed by atoms with Crippen LogP contribution in [0.2, 0.25) is 5.02 Å². The molecular formula is C16H21ClN4S. The number of nitrogens with zero attached hydrogens (tertiary/aromatic N) is 4. The van der Waals surface area contributed by atoms with E-state index in [9.17, 15) is 0 Å². The third-order valence-electron chi connectivity index (χ3n) is 4.35. The van der Waals surface area contributed by atoms with Crippen molar-refractivity contribution in [3.8, 4) is 11.4 Å². The fraction of sp³-hybridized carbons (Fsp3) is 0.500. The molecule has 0 amide bonds. The summed E-state index contributed by atoms with van der Waals surface area (Å²) in [7, 11) is 1.97. The Balaban J connectivity index is 1.83. The maximum Gasteiger partial charge on any atom is 0.199 e. The molecule has 6 heteroatoms.